The van der Waals surface area contributed by atoms with Crippen LogP contribution in [0.3, 0.4) is 0 Å². The Morgan fingerprint density at radius 1 is 1.28 bits per heavy atom. The summed E-state index contributed by atoms with van der Waals surface area (Å²) in [5, 5.41) is 9.81. The van der Waals surface area contributed by atoms with Gasteiger partial charge >= 0.3 is 0 Å². The van der Waals surface area contributed by atoms with Crippen LogP contribution in [0.1, 0.15) is 48.0 Å². The van der Waals surface area contributed by atoms with E-state index in [2.05, 4.69) is 0 Å². The normalized spacial score (nSPS) is 15.8. The van der Waals surface area contributed by atoms with Crippen molar-refractivity contribution in [3.63, 3.8) is 0 Å². The maximum absolute atomic E-state index is 12.0. The molecule has 0 bridgehead atoms. The van der Waals surface area contributed by atoms with Crippen LogP contribution in [0.5, 0.6) is 5.75 Å². The lowest BCUT2D eigenvalue weighted by Crippen LogP contribution is -2.16. The molecule has 1 aromatic rings. The summed E-state index contributed by atoms with van der Waals surface area (Å²) < 4.78 is 0. The smallest absolute Gasteiger partial charge is 0.173 e. The van der Waals surface area contributed by atoms with E-state index in [-0.39, 0.29) is 35.2 Å². The van der Waals surface area contributed by atoms with Gasteiger partial charge in [-0.05, 0) is 31.4 Å². The highest BCUT2D eigenvalue weighted by Crippen LogP contribution is 2.28. The fourth-order valence-corrected chi connectivity index (χ4v) is 2.53. The first-order valence-corrected chi connectivity index (χ1v) is 6.44. The molecular formula is C15H18O3. The van der Waals surface area contributed by atoms with Crippen LogP contribution in [0.4, 0.5) is 0 Å². The number of carbonyl (C=O) groups excluding carboxylic acids is 2. The Kier molecular flexibility index (Phi) is 3.80. The first kappa shape index (κ1) is 12.8. The Hall–Kier alpha value is -1.64. The highest BCUT2D eigenvalue weighted by Gasteiger charge is 2.25. The van der Waals surface area contributed by atoms with Crippen molar-refractivity contribution < 1.29 is 14.7 Å². The molecule has 0 unspecified atom stereocenters. The van der Waals surface area contributed by atoms with E-state index in [1.54, 1.807) is 25.1 Å². The Morgan fingerprint density at radius 3 is 2.61 bits per heavy atom. The number of rotatable bonds is 4. The fourth-order valence-electron chi connectivity index (χ4n) is 2.53. The van der Waals surface area contributed by atoms with Crippen molar-refractivity contribution in [2.75, 3.05) is 0 Å². The van der Waals surface area contributed by atoms with Crippen molar-refractivity contribution in [1.82, 2.24) is 0 Å². The number of benzene rings is 1. The van der Waals surface area contributed by atoms with Crippen molar-refractivity contribution >= 4 is 11.6 Å². The SMILES string of the molecule is Cc1cccc(C(=O)CC(=O)C2CCCC2)c1O. The molecule has 3 heteroatoms. The second kappa shape index (κ2) is 5.34. The van der Waals surface area contributed by atoms with Gasteiger partial charge < -0.3 is 5.11 Å². The van der Waals surface area contributed by atoms with E-state index in [9.17, 15) is 14.7 Å². The lowest BCUT2D eigenvalue weighted by molar-refractivity contribution is -0.121. The second-order valence-electron chi connectivity index (χ2n) is 5.02. The molecule has 96 valence electrons. The van der Waals surface area contributed by atoms with Gasteiger partial charge in [-0.1, -0.05) is 25.0 Å². The van der Waals surface area contributed by atoms with Gasteiger partial charge in [0, 0.05) is 5.92 Å². The highest BCUT2D eigenvalue weighted by atomic mass is 16.3. The first-order valence-electron chi connectivity index (χ1n) is 6.44. The minimum Gasteiger partial charge on any atom is -0.507 e. The first-order chi connectivity index (χ1) is 8.59. The molecule has 0 heterocycles. The number of phenols is 1. The third-order valence-electron chi connectivity index (χ3n) is 3.68. The van der Waals surface area contributed by atoms with Gasteiger partial charge in [-0.25, -0.2) is 0 Å². The van der Waals surface area contributed by atoms with Gasteiger partial charge in [-0.15, -0.1) is 0 Å². The molecule has 1 saturated carbocycles. The quantitative estimate of drug-likeness (QED) is 0.656. The summed E-state index contributed by atoms with van der Waals surface area (Å²) in [6, 6.07) is 5.04. The number of Topliss-reactive ketones (excluding diaryl/α,β-unsaturated/α-hetero) is 2. The Balaban J connectivity index is 2.07. The lowest BCUT2D eigenvalue weighted by atomic mass is 9.95. The molecule has 0 amide bonds. The van der Waals surface area contributed by atoms with E-state index in [1.807, 2.05) is 0 Å². The van der Waals surface area contributed by atoms with Crippen LogP contribution in [-0.4, -0.2) is 16.7 Å². The lowest BCUT2D eigenvalue weighted by Gasteiger charge is -2.09. The third-order valence-corrected chi connectivity index (χ3v) is 3.68. The van der Waals surface area contributed by atoms with E-state index in [1.165, 1.54) is 0 Å². The summed E-state index contributed by atoms with van der Waals surface area (Å²) >= 11 is 0. The fraction of sp³-hybridized carbons (Fsp3) is 0.467. The second-order valence-corrected chi connectivity index (χ2v) is 5.02. The van der Waals surface area contributed by atoms with Crippen LogP contribution < -0.4 is 0 Å². The van der Waals surface area contributed by atoms with Crippen LogP contribution in [0, 0.1) is 12.8 Å². The summed E-state index contributed by atoms with van der Waals surface area (Å²) in [6.07, 6.45) is 3.90. The molecule has 0 spiro atoms. The van der Waals surface area contributed by atoms with Gasteiger partial charge in [-0.3, -0.25) is 9.59 Å². The topological polar surface area (TPSA) is 54.4 Å². The van der Waals surface area contributed by atoms with E-state index < -0.39 is 0 Å². The average Bonchev–Trinajstić information content (AvgIpc) is 2.86. The van der Waals surface area contributed by atoms with Gasteiger partial charge in [0.15, 0.2) is 5.78 Å². The van der Waals surface area contributed by atoms with Crippen LogP contribution in [0.2, 0.25) is 0 Å². The number of carbonyl (C=O) groups is 2. The maximum Gasteiger partial charge on any atom is 0.173 e. The van der Waals surface area contributed by atoms with Crippen molar-refractivity contribution in [3.05, 3.63) is 29.3 Å². The summed E-state index contributed by atoms with van der Waals surface area (Å²) in [6.45, 7) is 1.74. The van der Waals surface area contributed by atoms with Crippen LogP contribution >= 0.6 is 0 Å². The van der Waals surface area contributed by atoms with E-state index in [4.69, 9.17) is 0 Å². The van der Waals surface area contributed by atoms with Crippen molar-refractivity contribution in [2.45, 2.75) is 39.0 Å². The molecular weight excluding hydrogens is 228 g/mol. The standard InChI is InChI=1S/C15H18O3/c1-10-5-4-8-12(15(10)18)14(17)9-13(16)11-6-2-3-7-11/h4-5,8,11,18H,2-3,6-7,9H2,1H3. The molecule has 18 heavy (non-hydrogen) atoms. The summed E-state index contributed by atoms with van der Waals surface area (Å²) in [7, 11) is 0. The number of aryl methyl sites for hydroxylation is 1. The number of hydrogen-bond donors (Lipinski definition) is 1. The molecule has 0 radical (unpaired) electrons. The summed E-state index contributed by atoms with van der Waals surface area (Å²) in [5.41, 5.74) is 0.926. The zero-order valence-corrected chi connectivity index (χ0v) is 10.6. The molecule has 1 fully saturated rings. The van der Waals surface area contributed by atoms with Gasteiger partial charge in [-0.2, -0.15) is 0 Å². The van der Waals surface area contributed by atoms with Crippen LogP contribution in [0.15, 0.2) is 18.2 Å². The van der Waals surface area contributed by atoms with Gasteiger partial charge in [0.05, 0.1) is 12.0 Å². The Bertz CT molecular complexity index is 471. The summed E-state index contributed by atoms with van der Waals surface area (Å²) in [5.74, 6) is -0.186. The number of aromatic hydroxyl groups is 1. The molecule has 3 nitrogen and oxygen atoms in total. The number of hydrogen-bond acceptors (Lipinski definition) is 3. The molecule has 0 aromatic heterocycles. The predicted molar refractivity (Wildman–Crippen MR) is 68.8 cm³/mol. The molecule has 0 saturated heterocycles. The highest BCUT2D eigenvalue weighted by molar-refractivity contribution is 6.10. The van der Waals surface area contributed by atoms with Crippen LogP contribution in [0.25, 0.3) is 0 Å². The van der Waals surface area contributed by atoms with E-state index >= 15 is 0 Å². The third kappa shape index (κ3) is 2.61. The Morgan fingerprint density at radius 2 is 1.94 bits per heavy atom. The average molecular weight is 246 g/mol. The Labute approximate surface area is 107 Å². The molecule has 1 aromatic carbocycles. The van der Waals surface area contributed by atoms with Gasteiger partial charge in [0.1, 0.15) is 11.5 Å². The molecule has 1 aliphatic rings. The zero-order valence-electron chi connectivity index (χ0n) is 10.6. The molecule has 1 N–H and O–H groups in total. The zero-order chi connectivity index (χ0) is 13.1. The van der Waals surface area contributed by atoms with E-state index in [0.717, 1.165) is 25.7 Å². The van der Waals surface area contributed by atoms with Crippen LogP contribution in [-0.2, 0) is 4.79 Å². The minimum absolute atomic E-state index is 0.00159. The number of phenolic OH excluding ortho intramolecular Hbond substituents is 1. The number of para-hydroxylation sites is 1. The van der Waals surface area contributed by atoms with Gasteiger partial charge in [0.2, 0.25) is 0 Å². The summed E-state index contributed by atoms with van der Waals surface area (Å²) in [4.78, 5) is 23.9. The minimum atomic E-state index is -0.270. The molecule has 2 rings (SSSR count). The largest absolute Gasteiger partial charge is 0.507 e. The van der Waals surface area contributed by atoms with E-state index in [0.29, 0.717) is 5.56 Å². The van der Waals surface area contributed by atoms with Crippen molar-refractivity contribution in [2.24, 2.45) is 5.92 Å². The maximum atomic E-state index is 12.0. The van der Waals surface area contributed by atoms with Gasteiger partial charge in [0.25, 0.3) is 0 Å². The van der Waals surface area contributed by atoms with Crippen molar-refractivity contribution in [3.8, 4) is 5.75 Å². The predicted octanol–water partition coefficient (Wildman–Crippen LogP) is 3.03. The molecule has 1 aliphatic carbocycles. The molecule has 0 aliphatic heterocycles. The number of ketones is 2. The van der Waals surface area contributed by atoms with Crippen molar-refractivity contribution in [1.29, 1.82) is 0 Å². The molecule has 0 atom stereocenters. The monoisotopic (exact) mass is 246 g/mol.